The van der Waals surface area contributed by atoms with Crippen molar-refractivity contribution in [2.75, 3.05) is 0 Å². The SMILES string of the molecule is CC(=O)CC(=O)NC(=S)NC1CCCCC1. The van der Waals surface area contributed by atoms with Crippen LogP contribution in [-0.4, -0.2) is 22.8 Å². The average Bonchev–Trinajstić information content (AvgIpc) is 2.17. The number of thiocarbonyl (C=S) groups is 1. The molecule has 0 unspecified atom stereocenters. The normalized spacial score (nSPS) is 16.6. The first-order valence-electron chi connectivity index (χ1n) is 5.67. The van der Waals surface area contributed by atoms with Gasteiger partial charge in [0.1, 0.15) is 5.78 Å². The maximum atomic E-state index is 11.2. The van der Waals surface area contributed by atoms with Gasteiger partial charge in [0.25, 0.3) is 0 Å². The van der Waals surface area contributed by atoms with E-state index in [2.05, 4.69) is 10.6 Å². The largest absolute Gasteiger partial charge is 0.360 e. The molecule has 1 rings (SSSR count). The molecule has 2 N–H and O–H groups in total. The first-order valence-corrected chi connectivity index (χ1v) is 6.08. The fraction of sp³-hybridized carbons (Fsp3) is 0.727. The van der Waals surface area contributed by atoms with Gasteiger partial charge in [0, 0.05) is 6.04 Å². The zero-order chi connectivity index (χ0) is 12.0. The molecule has 0 aromatic rings. The first-order chi connectivity index (χ1) is 7.58. The van der Waals surface area contributed by atoms with E-state index in [1.165, 1.54) is 26.2 Å². The molecule has 0 saturated heterocycles. The summed E-state index contributed by atoms with van der Waals surface area (Å²) in [5, 5.41) is 5.98. The molecule has 0 aromatic heterocycles. The highest BCUT2D eigenvalue weighted by atomic mass is 32.1. The Labute approximate surface area is 101 Å². The summed E-state index contributed by atoms with van der Waals surface area (Å²) >= 11 is 5.01. The lowest BCUT2D eigenvalue weighted by Crippen LogP contribution is -2.45. The van der Waals surface area contributed by atoms with E-state index in [-0.39, 0.29) is 18.1 Å². The number of rotatable bonds is 3. The molecule has 0 atom stereocenters. The fourth-order valence-electron chi connectivity index (χ4n) is 1.87. The van der Waals surface area contributed by atoms with Gasteiger partial charge in [-0.2, -0.15) is 0 Å². The zero-order valence-electron chi connectivity index (χ0n) is 9.54. The van der Waals surface area contributed by atoms with Crippen LogP contribution in [0, 0.1) is 0 Å². The van der Waals surface area contributed by atoms with Crippen LogP contribution in [0.5, 0.6) is 0 Å². The Morgan fingerprint density at radius 3 is 2.44 bits per heavy atom. The monoisotopic (exact) mass is 242 g/mol. The van der Waals surface area contributed by atoms with Gasteiger partial charge < -0.3 is 10.6 Å². The molecule has 4 nitrogen and oxygen atoms in total. The number of ketones is 1. The van der Waals surface area contributed by atoms with Crippen molar-refractivity contribution in [1.29, 1.82) is 0 Å². The Hall–Kier alpha value is -0.970. The molecule has 90 valence electrons. The summed E-state index contributed by atoms with van der Waals surface area (Å²) in [7, 11) is 0. The average molecular weight is 242 g/mol. The van der Waals surface area contributed by atoms with Gasteiger partial charge in [0.2, 0.25) is 5.91 Å². The van der Waals surface area contributed by atoms with Crippen molar-refractivity contribution in [3.63, 3.8) is 0 Å². The predicted octanol–water partition coefficient (Wildman–Crippen LogP) is 1.29. The van der Waals surface area contributed by atoms with E-state index in [0.717, 1.165) is 12.8 Å². The summed E-state index contributed by atoms with van der Waals surface area (Å²) in [5.74, 6) is -0.487. The molecule has 0 aliphatic heterocycles. The van der Waals surface area contributed by atoms with Gasteiger partial charge >= 0.3 is 0 Å². The second-order valence-corrected chi connectivity index (χ2v) is 4.64. The molecule has 1 aliphatic rings. The minimum atomic E-state index is -0.333. The number of carbonyl (C=O) groups is 2. The van der Waals surface area contributed by atoms with Crippen molar-refractivity contribution in [3.05, 3.63) is 0 Å². The van der Waals surface area contributed by atoms with Crippen LogP contribution >= 0.6 is 12.2 Å². The Kier molecular flexibility index (Phi) is 5.38. The number of hydrogen-bond donors (Lipinski definition) is 2. The van der Waals surface area contributed by atoms with Gasteiger partial charge in [0.05, 0.1) is 6.42 Å². The predicted molar refractivity (Wildman–Crippen MR) is 66.0 cm³/mol. The van der Waals surface area contributed by atoms with Crippen LogP contribution in [0.3, 0.4) is 0 Å². The molecule has 1 aliphatic carbocycles. The summed E-state index contributed by atoms with van der Waals surface area (Å²) in [5.41, 5.74) is 0. The van der Waals surface area contributed by atoms with E-state index in [1.54, 1.807) is 0 Å². The number of Topliss-reactive ketones (excluding diaryl/α,β-unsaturated/α-hetero) is 1. The van der Waals surface area contributed by atoms with E-state index in [4.69, 9.17) is 12.2 Å². The Balaban J connectivity index is 2.24. The smallest absolute Gasteiger partial charge is 0.233 e. The second-order valence-electron chi connectivity index (χ2n) is 4.24. The number of amides is 1. The molecule has 0 heterocycles. The molecule has 16 heavy (non-hydrogen) atoms. The molecule has 0 spiro atoms. The third kappa shape index (κ3) is 5.21. The Morgan fingerprint density at radius 1 is 1.25 bits per heavy atom. The highest BCUT2D eigenvalue weighted by molar-refractivity contribution is 7.80. The molecule has 1 fully saturated rings. The summed E-state index contributed by atoms with van der Waals surface area (Å²) in [4.78, 5) is 21.9. The standard InChI is InChI=1S/C11H18N2O2S/c1-8(14)7-10(15)13-11(16)12-9-5-3-2-4-6-9/h9H,2-7H2,1H3,(H2,12,13,15,16). The molecule has 0 radical (unpaired) electrons. The molecule has 0 bridgehead atoms. The Bertz CT molecular complexity index is 286. The minimum absolute atomic E-state index is 0.105. The van der Waals surface area contributed by atoms with Gasteiger partial charge in [-0.1, -0.05) is 19.3 Å². The van der Waals surface area contributed by atoms with Gasteiger partial charge in [-0.3, -0.25) is 9.59 Å². The van der Waals surface area contributed by atoms with Crippen LogP contribution in [0.2, 0.25) is 0 Å². The summed E-state index contributed by atoms with van der Waals surface area (Å²) in [6.45, 7) is 1.39. The lowest BCUT2D eigenvalue weighted by molar-refractivity contribution is -0.126. The maximum absolute atomic E-state index is 11.2. The molecular formula is C11H18N2O2S. The van der Waals surface area contributed by atoms with Gasteiger partial charge in [-0.05, 0) is 32.0 Å². The molecule has 0 aromatic carbocycles. The third-order valence-electron chi connectivity index (χ3n) is 2.60. The van der Waals surface area contributed by atoms with Crippen molar-refractivity contribution in [2.24, 2.45) is 0 Å². The highest BCUT2D eigenvalue weighted by Crippen LogP contribution is 2.17. The topological polar surface area (TPSA) is 58.2 Å². The first kappa shape index (κ1) is 13.1. The van der Waals surface area contributed by atoms with E-state index in [0.29, 0.717) is 11.2 Å². The summed E-state index contributed by atoms with van der Waals surface area (Å²) < 4.78 is 0. The van der Waals surface area contributed by atoms with E-state index >= 15 is 0 Å². The second kappa shape index (κ2) is 6.58. The molecule has 5 heteroatoms. The lowest BCUT2D eigenvalue weighted by Gasteiger charge is -2.23. The van der Waals surface area contributed by atoms with Crippen molar-refractivity contribution in [3.8, 4) is 0 Å². The molecule has 1 amide bonds. The fourth-order valence-corrected chi connectivity index (χ4v) is 2.15. The van der Waals surface area contributed by atoms with E-state index in [1.807, 2.05) is 0 Å². The summed E-state index contributed by atoms with van der Waals surface area (Å²) in [6.07, 6.45) is 5.79. The summed E-state index contributed by atoms with van der Waals surface area (Å²) in [6, 6.07) is 0.374. The van der Waals surface area contributed by atoms with Crippen LogP contribution < -0.4 is 10.6 Å². The van der Waals surface area contributed by atoms with Crippen LogP contribution in [0.4, 0.5) is 0 Å². The van der Waals surface area contributed by atoms with Crippen molar-refractivity contribution in [2.45, 2.75) is 51.5 Å². The van der Waals surface area contributed by atoms with Crippen LogP contribution in [0.15, 0.2) is 0 Å². The van der Waals surface area contributed by atoms with Crippen LogP contribution in [-0.2, 0) is 9.59 Å². The minimum Gasteiger partial charge on any atom is -0.360 e. The Morgan fingerprint density at radius 2 is 1.88 bits per heavy atom. The maximum Gasteiger partial charge on any atom is 0.233 e. The van der Waals surface area contributed by atoms with Crippen molar-refractivity contribution >= 4 is 29.0 Å². The quantitative estimate of drug-likeness (QED) is 0.578. The number of hydrogen-bond acceptors (Lipinski definition) is 3. The number of carbonyl (C=O) groups excluding carboxylic acids is 2. The van der Waals surface area contributed by atoms with E-state index in [9.17, 15) is 9.59 Å². The number of nitrogens with one attached hydrogen (secondary N) is 2. The molecule has 1 saturated carbocycles. The van der Waals surface area contributed by atoms with Crippen LogP contribution in [0.1, 0.15) is 45.4 Å². The highest BCUT2D eigenvalue weighted by Gasteiger charge is 2.15. The van der Waals surface area contributed by atoms with Gasteiger partial charge in [-0.25, -0.2) is 0 Å². The van der Waals surface area contributed by atoms with Crippen molar-refractivity contribution < 1.29 is 9.59 Å². The van der Waals surface area contributed by atoms with Crippen molar-refractivity contribution in [1.82, 2.24) is 10.6 Å². The van der Waals surface area contributed by atoms with Gasteiger partial charge in [0.15, 0.2) is 5.11 Å². The zero-order valence-corrected chi connectivity index (χ0v) is 10.4. The van der Waals surface area contributed by atoms with E-state index < -0.39 is 0 Å². The van der Waals surface area contributed by atoms with Crippen LogP contribution in [0.25, 0.3) is 0 Å². The lowest BCUT2D eigenvalue weighted by atomic mass is 9.96. The molecular weight excluding hydrogens is 224 g/mol. The third-order valence-corrected chi connectivity index (χ3v) is 2.82. The van der Waals surface area contributed by atoms with Gasteiger partial charge in [-0.15, -0.1) is 0 Å².